The lowest BCUT2D eigenvalue weighted by atomic mass is 9.33. The first-order chi connectivity index (χ1) is 21.5. The predicted octanol–water partition coefficient (Wildman–Crippen LogP) is 5.05. The van der Waals surface area contributed by atoms with Gasteiger partial charge < -0.3 is 39.4 Å². The summed E-state index contributed by atoms with van der Waals surface area (Å²) < 4.78 is 24.1. The smallest absolute Gasteiger partial charge is 0.310 e. The Balaban J connectivity index is 1.16. The molecular weight excluding hydrogens is 588 g/mol. The third-order valence-corrected chi connectivity index (χ3v) is 15.8. The van der Waals surface area contributed by atoms with Gasteiger partial charge in [-0.15, -0.1) is 0 Å². The molecule has 0 bridgehead atoms. The van der Waals surface area contributed by atoms with Crippen molar-refractivity contribution in [2.24, 2.45) is 50.2 Å². The van der Waals surface area contributed by atoms with Gasteiger partial charge in [0.15, 0.2) is 12.6 Å². The third kappa shape index (κ3) is 4.34. The van der Waals surface area contributed by atoms with Gasteiger partial charge in [-0.1, -0.05) is 53.2 Å². The fraction of sp³-hybridized carbons (Fsp3) is 0.919. The van der Waals surface area contributed by atoms with E-state index in [9.17, 15) is 25.2 Å². The lowest BCUT2D eigenvalue weighted by molar-refractivity contribution is -0.377. The number of aliphatic hydroxyl groups is 3. The van der Waals surface area contributed by atoms with Gasteiger partial charge in [-0.05, 0) is 104 Å². The summed E-state index contributed by atoms with van der Waals surface area (Å²) in [6.07, 6.45) is 4.81. The van der Waals surface area contributed by atoms with Gasteiger partial charge in [0.1, 0.15) is 24.4 Å². The largest absolute Gasteiger partial charge is 0.481 e. The van der Waals surface area contributed by atoms with E-state index in [-0.39, 0.29) is 39.1 Å². The molecule has 260 valence electrons. The Kier molecular flexibility index (Phi) is 7.79. The van der Waals surface area contributed by atoms with Crippen LogP contribution in [0.25, 0.3) is 0 Å². The molecule has 2 heterocycles. The molecule has 7 rings (SSSR count). The molecule has 0 amide bonds. The van der Waals surface area contributed by atoms with Crippen LogP contribution in [0.1, 0.15) is 106 Å². The van der Waals surface area contributed by atoms with Crippen molar-refractivity contribution in [3.8, 4) is 0 Å². The van der Waals surface area contributed by atoms with E-state index in [1.54, 1.807) is 0 Å². The Morgan fingerprint density at radius 2 is 1.57 bits per heavy atom. The van der Waals surface area contributed by atoms with E-state index >= 15 is 0 Å². The van der Waals surface area contributed by atoms with Crippen molar-refractivity contribution in [1.29, 1.82) is 0 Å². The van der Waals surface area contributed by atoms with Gasteiger partial charge in [-0.3, -0.25) is 4.79 Å². The summed E-state index contributed by atoms with van der Waals surface area (Å²) in [4.78, 5) is 13.0. The minimum absolute atomic E-state index is 0.0267. The molecule has 0 aromatic carbocycles. The molecule has 15 atom stereocenters. The van der Waals surface area contributed by atoms with Crippen LogP contribution in [0, 0.1) is 50.2 Å². The van der Waals surface area contributed by atoms with Crippen LogP contribution >= 0.6 is 0 Å². The van der Waals surface area contributed by atoms with Gasteiger partial charge >= 0.3 is 5.97 Å². The second kappa shape index (κ2) is 10.7. The minimum atomic E-state index is -1.43. The van der Waals surface area contributed by atoms with E-state index in [4.69, 9.17) is 18.9 Å². The number of ether oxygens (including phenoxy) is 4. The molecule has 7 aliphatic rings. The number of hydrogen-bond acceptors (Lipinski definition) is 8. The van der Waals surface area contributed by atoms with E-state index in [1.165, 1.54) is 12.7 Å². The lowest BCUT2D eigenvalue weighted by Gasteiger charge is -2.72. The number of allylic oxidation sites excluding steroid dienone is 2. The predicted molar refractivity (Wildman–Crippen MR) is 169 cm³/mol. The molecular formula is C37H58O9. The maximum atomic E-state index is 13.0. The molecule has 0 unspecified atom stereocenters. The van der Waals surface area contributed by atoms with Crippen molar-refractivity contribution in [3.05, 3.63) is 11.6 Å². The Hall–Kier alpha value is -1.07. The Bertz CT molecular complexity index is 1270. The van der Waals surface area contributed by atoms with Crippen LogP contribution in [-0.2, 0) is 23.7 Å². The Labute approximate surface area is 274 Å². The lowest BCUT2D eigenvalue weighted by Crippen LogP contribution is -2.69. The van der Waals surface area contributed by atoms with Crippen LogP contribution in [-0.4, -0.2) is 83.2 Å². The molecule has 2 saturated heterocycles. The fourth-order valence-electron chi connectivity index (χ4n) is 12.8. The standard InChI is InChI=1S/C37H58O9/c1-32(2)14-16-37(31(41)42)17-15-35(5)20(21(37)18-32)8-9-23-33(3)12-11-24-34(4,22(33)10-13-36(23,35)6)19-44-30(45-24)28-26(39)25(38)27(40)29(43-7)46-28/h8,21-30,38-40H,9-19H2,1-7H3,(H,41,42)/t21-,22+,23+,24-,25-,26-,27+,28-,29-,30+,33-,34-,35+,36+,37-/m0/s1. The third-order valence-electron chi connectivity index (χ3n) is 15.8. The highest BCUT2D eigenvalue weighted by atomic mass is 16.7. The van der Waals surface area contributed by atoms with Crippen molar-refractivity contribution >= 4 is 5.97 Å². The van der Waals surface area contributed by atoms with Gasteiger partial charge in [0, 0.05) is 12.5 Å². The monoisotopic (exact) mass is 646 g/mol. The summed E-state index contributed by atoms with van der Waals surface area (Å²) >= 11 is 0. The maximum absolute atomic E-state index is 13.0. The van der Waals surface area contributed by atoms with E-state index in [0.717, 1.165) is 64.2 Å². The zero-order valence-corrected chi connectivity index (χ0v) is 29.0. The number of rotatable bonds is 3. The molecule has 9 nitrogen and oxygen atoms in total. The molecule has 46 heavy (non-hydrogen) atoms. The second-order valence-electron chi connectivity index (χ2n) is 18.2. The number of carboxylic acids is 1. The molecule has 0 spiro atoms. The molecule has 6 fully saturated rings. The zero-order valence-electron chi connectivity index (χ0n) is 29.0. The van der Waals surface area contributed by atoms with Gasteiger partial charge in [-0.2, -0.15) is 0 Å². The van der Waals surface area contributed by atoms with Crippen molar-refractivity contribution in [2.75, 3.05) is 13.7 Å². The summed E-state index contributed by atoms with van der Waals surface area (Å²) in [7, 11) is 1.39. The Morgan fingerprint density at radius 3 is 2.26 bits per heavy atom. The zero-order chi connectivity index (χ0) is 33.2. The normalized spacial score (nSPS) is 56.3. The highest BCUT2D eigenvalue weighted by Crippen LogP contribution is 2.76. The van der Waals surface area contributed by atoms with Crippen LogP contribution in [0.3, 0.4) is 0 Å². The number of carbonyl (C=O) groups is 1. The number of aliphatic hydroxyl groups excluding tert-OH is 3. The van der Waals surface area contributed by atoms with E-state index in [0.29, 0.717) is 18.4 Å². The van der Waals surface area contributed by atoms with Crippen LogP contribution in [0.2, 0.25) is 0 Å². The van der Waals surface area contributed by atoms with Gasteiger partial charge in [0.2, 0.25) is 0 Å². The second-order valence-corrected chi connectivity index (χ2v) is 18.2. The number of carboxylic acid groups (broad SMARTS) is 1. The topological polar surface area (TPSA) is 135 Å². The number of hydrogen-bond donors (Lipinski definition) is 4. The molecule has 0 radical (unpaired) electrons. The summed E-state index contributed by atoms with van der Waals surface area (Å²) in [5.41, 5.74) is 0.859. The summed E-state index contributed by atoms with van der Waals surface area (Å²) in [6.45, 7) is 15.0. The van der Waals surface area contributed by atoms with Gasteiger partial charge in [0.05, 0.1) is 18.1 Å². The SMILES string of the molecule is CO[C@H]1O[C@H]([C@@H]2OC[C@@]3(C)[C@@H]4CC[C@]5(C)[C@H](CC=C6[C@@H]7CC(C)(C)CC[C@]7(C(=O)O)CC[C@]65C)[C@@]4(C)CC[C@@H]3O2)[C@@H](O)[C@H](O)[C@H]1O. The van der Waals surface area contributed by atoms with Crippen molar-refractivity contribution in [1.82, 2.24) is 0 Å². The average molecular weight is 647 g/mol. The molecule has 4 N–H and O–H groups in total. The first-order valence-corrected chi connectivity index (χ1v) is 17.9. The van der Waals surface area contributed by atoms with Crippen LogP contribution in [0.15, 0.2) is 11.6 Å². The Morgan fingerprint density at radius 1 is 0.848 bits per heavy atom. The quantitative estimate of drug-likeness (QED) is 0.311. The maximum Gasteiger partial charge on any atom is 0.310 e. The first-order valence-electron chi connectivity index (χ1n) is 17.9. The van der Waals surface area contributed by atoms with Gasteiger partial charge in [0.25, 0.3) is 0 Å². The van der Waals surface area contributed by atoms with E-state index in [2.05, 4.69) is 47.6 Å². The minimum Gasteiger partial charge on any atom is -0.481 e. The fourth-order valence-corrected chi connectivity index (χ4v) is 12.8. The van der Waals surface area contributed by atoms with E-state index in [1.807, 2.05) is 0 Å². The van der Waals surface area contributed by atoms with Crippen molar-refractivity contribution < 1.29 is 44.2 Å². The number of methoxy groups -OCH3 is 1. The molecule has 9 heteroatoms. The van der Waals surface area contributed by atoms with Crippen molar-refractivity contribution in [3.63, 3.8) is 0 Å². The van der Waals surface area contributed by atoms with Crippen LogP contribution in [0.5, 0.6) is 0 Å². The van der Waals surface area contributed by atoms with E-state index < -0.39 is 48.4 Å². The molecule has 2 aliphatic heterocycles. The molecule has 0 aromatic heterocycles. The van der Waals surface area contributed by atoms with Crippen molar-refractivity contribution in [2.45, 2.75) is 149 Å². The summed E-state index contributed by atoms with van der Waals surface area (Å²) in [5, 5.41) is 42.2. The number of aliphatic carboxylic acids is 1. The number of fused-ring (bicyclic) bond motifs is 9. The highest BCUT2D eigenvalue weighted by Gasteiger charge is 2.70. The molecule has 5 aliphatic carbocycles. The average Bonchev–Trinajstić information content (AvgIpc) is 2.99. The van der Waals surface area contributed by atoms with Gasteiger partial charge in [-0.25, -0.2) is 0 Å². The first kappa shape index (κ1) is 33.4. The van der Waals surface area contributed by atoms with Crippen LogP contribution in [0.4, 0.5) is 0 Å². The van der Waals surface area contributed by atoms with Crippen LogP contribution < -0.4 is 0 Å². The summed E-state index contributed by atoms with van der Waals surface area (Å²) in [5.74, 6) is 0.369. The molecule has 4 saturated carbocycles. The highest BCUT2D eigenvalue weighted by molar-refractivity contribution is 5.76. The molecule has 0 aromatic rings. The summed E-state index contributed by atoms with van der Waals surface area (Å²) in [6, 6.07) is 0.